The molecule has 0 radical (unpaired) electrons. The van der Waals surface area contributed by atoms with Gasteiger partial charge in [0.15, 0.2) is 0 Å². The van der Waals surface area contributed by atoms with Gasteiger partial charge in [-0.1, -0.05) is 48.5 Å². The van der Waals surface area contributed by atoms with Crippen molar-refractivity contribution < 1.29 is 5.11 Å². The van der Waals surface area contributed by atoms with Gasteiger partial charge in [0, 0.05) is 12.2 Å². The topological polar surface area (TPSA) is 32.3 Å². The first-order valence-corrected chi connectivity index (χ1v) is 5.88. The summed E-state index contributed by atoms with van der Waals surface area (Å²) in [4.78, 5) is 0. The Morgan fingerprint density at radius 1 is 0.882 bits per heavy atom. The van der Waals surface area contributed by atoms with Crippen LogP contribution in [0.3, 0.4) is 0 Å². The van der Waals surface area contributed by atoms with E-state index in [1.807, 2.05) is 60.7 Å². The third-order valence-electron chi connectivity index (χ3n) is 2.71. The first-order valence-electron chi connectivity index (χ1n) is 5.88. The number of hydrogen-bond donors (Lipinski definition) is 2. The lowest BCUT2D eigenvalue weighted by Gasteiger charge is -2.12. The van der Waals surface area contributed by atoms with Gasteiger partial charge in [-0.05, 0) is 24.1 Å². The highest BCUT2D eigenvalue weighted by molar-refractivity contribution is 5.42. The summed E-state index contributed by atoms with van der Waals surface area (Å²) in [5.41, 5.74) is 2.06. The molecule has 1 atom stereocenters. The van der Waals surface area contributed by atoms with Gasteiger partial charge in [-0.2, -0.15) is 0 Å². The Hall–Kier alpha value is -1.80. The molecular weight excluding hydrogens is 210 g/mol. The summed E-state index contributed by atoms with van der Waals surface area (Å²) >= 11 is 0. The minimum absolute atomic E-state index is 0.396. The van der Waals surface area contributed by atoms with Crippen molar-refractivity contribution in [2.24, 2.45) is 0 Å². The predicted octanol–water partition coefficient (Wildman–Crippen LogP) is 3.22. The number of aliphatic hydroxyl groups excluding tert-OH is 1. The van der Waals surface area contributed by atoms with Crippen LogP contribution in [0, 0.1) is 0 Å². The van der Waals surface area contributed by atoms with Gasteiger partial charge >= 0.3 is 0 Å². The predicted molar refractivity (Wildman–Crippen MR) is 71.0 cm³/mol. The van der Waals surface area contributed by atoms with E-state index in [0.717, 1.165) is 17.8 Å². The Morgan fingerprint density at radius 2 is 1.47 bits per heavy atom. The molecule has 0 heterocycles. The number of anilines is 1. The molecule has 2 aromatic rings. The van der Waals surface area contributed by atoms with Crippen LogP contribution >= 0.6 is 0 Å². The number of para-hydroxylation sites is 1. The zero-order valence-corrected chi connectivity index (χ0v) is 9.71. The van der Waals surface area contributed by atoms with Crippen molar-refractivity contribution in [2.75, 3.05) is 11.9 Å². The van der Waals surface area contributed by atoms with Crippen LogP contribution in [-0.2, 0) is 0 Å². The molecule has 0 bridgehead atoms. The summed E-state index contributed by atoms with van der Waals surface area (Å²) in [5.74, 6) is 0. The van der Waals surface area contributed by atoms with Gasteiger partial charge in [0.1, 0.15) is 0 Å². The molecule has 0 aliphatic rings. The lowest BCUT2D eigenvalue weighted by atomic mass is 10.1. The SMILES string of the molecule is O[C@@H](CCNc1ccccc1)c1ccccc1. The molecule has 0 aliphatic carbocycles. The molecule has 2 nitrogen and oxygen atoms in total. The van der Waals surface area contributed by atoms with E-state index < -0.39 is 6.10 Å². The molecule has 0 aliphatic heterocycles. The van der Waals surface area contributed by atoms with E-state index in [9.17, 15) is 5.11 Å². The largest absolute Gasteiger partial charge is 0.388 e. The minimum Gasteiger partial charge on any atom is -0.388 e. The number of aliphatic hydroxyl groups is 1. The van der Waals surface area contributed by atoms with E-state index in [4.69, 9.17) is 0 Å². The van der Waals surface area contributed by atoms with Crippen LogP contribution < -0.4 is 5.32 Å². The average molecular weight is 227 g/mol. The van der Waals surface area contributed by atoms with Crippen LogP contribution in [0.25, 0.3) is 0 Å². The van der Waals surface area contributed by atoms with Crippen molar-refractivity contribution in [3.05, 3.63) is 66.2 Å². The van der Waals surface area contributed by atoms with E-state index in [1.54, 1.807) is 0 Å². The molecule has 17 heavy (non-hydrogen) atoms. The summed E-state index contributed by atoms with van der Waals surface area (Å²) in [5, 5.41) is 13.2. The van der Waals surface area contributed by atoms with Crippen LogP contribution in [0.5, 0.6) is 0 Å². The van der Waals surface area contributed by atoms with Gasteiger partial charge in [0.25, 0.3) is 0 Å². The zero-order chi connectivity index (χ0) is 11.9. The molecule has 2 aromatic carbocycles. The molecule has 2 heteroatoms. The fourth-order valence-corrected chi connectivity index (χ4v) is 1.75. The number of nitrogens with one attached hydrogen (secondary N) is 1. The van der Waals surface area contributed by atoms with Gasteiger partial charge < -0.3 is 10.4 Å². The molecular formula is C15H17NO. The summed E-state index contributed by atoms with van der Waals surface area (Å²) in [6, 6.07) is 19.8. The first kappa shape index (κ1) is 11.7. The highest BCUT2D eigenvalue weighted by atomic mass is 16.3. The molecule has 0 spiro atoms. The first-order chi connectivity index (χ1) is 8.36. The van der Waals surface area contributed by atoms with Crippen LogP contribution in [0.1, 0.15) is 18.1 Å². The van der Waals surface area contributed by atoms with Crippen LogP contribution in [0.2, 0.25) is 0 Å². The van der Waals surface area contributed by atoms with Crippen molar-refractivity contribution in [1.82, 2.24) is 0 Å². The lowest BCUT2D eigenvalue weighted by Crippen LogP contribution is -2.07. The minimum atomic E-state index is -0.396. The smallest absolute Gasteiger partial charge is 0.0806 e. The highest BCUT2D eigenvalue weighted by Crippen LogP contribution is 2.16. The maximum atomic E-state index is 9.96. The third-order valence-corrected chi connectivity index (χ3v) is 2.71. The standard InChI is InChI=1S/C15H17NO/c17-15(13-7-3-1-4-8-13)11-12-16-14-9-5-2-6-10-14/h1-10,15-17H,11-12H2/t15-/m0/s1. The second-order valence-electron chi connectivity index (χ2n) is 4.01. The van der Waals surface area contributed by atoms with Gasteiger partial charge in [-0.15, -0.1) is 0 Å². The van der Waals surface area contributed by atoms with Crippen molar-refractivity contribution in [3.8, 4) is 0 Å². The quantitative estimate of drug-likeness (QED) is 0.822. The van der Waals surface area contributed by atoms with Crippen LogP contribution in [0.15, 0.2) is 60.7 Å². The maximum Gasteiger partial charge on any atom is 0.0806 e. The fraction of sp³-hybridized carbons (Fsp3) is 0.200. The van der Waals surface area contributed by atoms with Gasteiger partial charge in [-0.3, -0.25) is 0 Å². The lowest BCUT2D eigenvalue weighted by molar-refractivity contribution is 0.171. The van der Waals surface area contributed by atoms with E-state index in [1.165, 1.54) is 0 Å². The summed E-state index contributed by atoms with van der Waals surface area (Å²) in [6.07, 6.45) is 0.311. The summed E-state index contributed by atoms with van der Waals surface area (Å²) in [7, 11) is 0. The van der Waals surface area contributed by atoms with Gasteiger partial charge in [0.05, 0.1) is 6.10 Å². The second-order valence-corrected chi connectivity index (χ2v) is 4.01. The molecule has 0 unspecified atom stereocenters. The Morgan fingerprint density at radius 3 is 2.12 bits per heavy atom. The van der Waals surface area contributed by atoms with Gasteiger partial charge in [0.2, 0.25) is 0 Å². The average Bonchev–Trinajstić information content (AvgIpc) is 2.41. The van der Waals surface area contributed by atoms with Crippen molar-refractivity contribution in [1.29, 1.82) is 0 Å². The number of benzene rings is 2. The Bertz CT molecular complexity index is 427. The van der Waals surface area contributed by atoms with Crippen LogP contribution in [-0.4, -0.2) is 11.7 Å². The van der Waals surface area contributed by atoms with Crippen molar-refractivity contribution in [2.45, 2.75) is 12.5 Å². The van der Waals surface area contributed by atoms with E-state index in [0.29, 0.717) is 6.42 Å². The zero-order valence-electron chi connectivity index (χ0n) is 9.71. The third kappa shape index (κ3) is 3.61. The Balaban J connectivity index is 1.79. The van der Waals surface area contributed by atoms with Crippen LogP contribution in [0.4, 0.5) is 5.69 Å². The molecule has 0 amide bonds. The molecule has 88 valence electrons. The molecule has 0 saturated carbocycles. The number of hydrogen-bond acceptors (Lipinski definition) is 2. The molecule has 2 rings (SSSR count). The maximum absolute atomic E-state index is 9.96. The molecule has 0 aromatic heterocycles. The molecule has 0 fully saturated rings. The second kappa shape index (κ2) is 6.06. The van der Waals surface area contributed by atoms with Crippen molar-refractivity contribution in [3.63, 3.8) is 0 Å². The normalized spacial score (nSPS) is 12.1. The van der Waals surface area contributed by atoms with Crippen molar-refractivity contribution >= 4 is 5.69 Å². The Kier molecular flexibility index (Phi) is 4.17. The Labute approximate surface area is 102 Å². The number of rotatable bonds is 5. The van der Waals surface area contributed by atoms with E-state index >= 15 is 0 Å². The van der Waals surface area contributed by atoms with E-state index in [-0.39, 0.29) is 0 Å². The monoisotopic (exact) mass is 227 g/mol. The fourth-order valence-electron chi connectivity index (χ4n) is 1.75. The highest BCUT2D eigenvalue weighted by Gasteiger charge is 2.05. The summed E-state index contributed by atoms with van der Waals surface area (Å²) in [6.45, 7) is 0.764. The molecule has 2 N–H and O–H groups in total. The van der Waals surface area contributed by atoms with E-state index in [2.05, 4.69) is 5.32 Å². The summed E-state index contributed by atoms with van der Waals surface area (Å²) < 4.78 is 0. The molecule has 0 saturated heterocycles. The van der Waals surface area contributed by atoms with Gasteiger partial charge in [-0.25, -0.2) is 0 Å².